The quantitative estimate of drug-likeness (QED) is 0.806. The summed E-state index contributed by atoms with van der Waals surface area (Å²) >= 11 is 0. The van der Waals surface area contributed by atoms with E-state index in [1.165, 1.54) is 25.7 Å². The van der Waals surface area contributed by atoms with Crippen molar-refractivity contribution in [3.05, 3.63) is 0 Å². The lowest BCUT2D eigenvalue weighted by Crippen LogP contribution is -2.44. The molecule has 1 aliphatic heterocycles. The zero-order valence-corrected chi connectivity index (χ0v) is 10.9. The van der Waals surface area contributed by atoms with Crippen LogP contribution in [0.15, 0.2) is 0 Å². The number of carbonyl (C=O) groups is 1. The van der Waals surface area contributed by atoms with E-state index in [4.69, 9.17) is 0 Å². The van der Waals surface area contributed by atoms with Crippen LogP contribution in [0.5, 0.6) is 0 Å². The average Bonchev–Trinajstić information content (AvgIpc) is 2.82. The number of hydrogen-bond donors (Lipinski definition) is 1. The van der Waals surface area contributed by atoms with Gasteiger partial charge in [-0.05, 0) is 32.2 Å². The second kappa shape index (κ2) is 6.45. The molecule has 0 aromatic rings. The van der Waals surface area contributed by atoms with Crippen molar-refractivity contribution in [2.45, 2.75) is 44.6 Å². The van der Waals surface area contributed by atoms with Crippen molar-refractivity contribution in [3.8, 4) is 0 Å². The van der Waals surface area contributed by atoms with E-state index < -0.39 is 0 Å². The van der Waals surface area contributed by atoms with Crippen molar-refractivity contribution >= 4 is 18.3 Å². The summed E-state index contributed by atoms with van der Waals surface area (Å²) in [5.41, 5.74) is 0. The van der Waals surface area contributed by atoms with Crippen LogP contribution in [-0.4, -0.2) is 37.0 Å². The fraction of sp³-hybridized carbons (Fsp3) is 0.917. The van der Waals surface area contributed by atoms with Crippen LogP contribution in [0, 0.1) is 5.92 Å². The van der Waals surface area contributed by atoms with Crippen LogP contribution in [0.2, 0.25) is 0 Å². The second-order valence-electron chi connectivity index (χ2n) is 4.93. The van der Waals surface area contributed by atoms with Crippen LogP contribution in [0.1, 0.15) is 38.5 Å². The van der Waals surface area contributed by atoms with E-state index in [1.54, 1.807) is 0 Å². The Hall–Kier alpha value is -0.280. The van der Waals surface area contributed by atoms with E-state index in [0.29, 0.717) is 11.9 Å². The van der Waals surface area contributed by atoms with Crippen molar-refractivity contribution in [3.63, 3.8) is 0 Å². The zero-order chi connectivity index (χ0) is 10.7. The predicted molar refractivity (Wildman–Crippen MR) is 67.9 cm³/mol. The lowest BCUT2D eigenvalue weighted by atomic mass is 9.97. The SMILES string of the molecule is CN(C(=O)[C@@H]1CCCNC1)C1CCCC1.Cl. The minimum atomic E-state index is 0. The van der Waals surface area contributed by atoms with Gasteiger partial charge in [0.1, 0.15) is 0 Å². The number of hydrogen-bond acceptors (Lipinski definition) is 2. The first-order valence-corrected chi connectivity index (χ1v) is 6.26. The van der Waals surface area contributed by atoms with E-state index in [0.717, 1.165) is 25.9 Å². The van der Waals surface area contributed by atoms with E-state index in [2.05, 4.69) is 5.32 Å². The van der Waals surface area contributed by atoms with Crippen molar-refractivity contribution in [1.29, 1.82) is 0 Å². The van der Waals surface area contributed by atoms with Crippen LogP contribution in [0.4, 0.5) is 0 Å². The minimum Gasteiger partial charge on any atom is -0.342 e. The molecule has 1 aliphatic carbocycles. The molecule has 0 aromatic heterocycles. The van der Waals surface area contributed by atoms with Gasteiger partial charge in [0.2, 0.25) is 5.91 Å². The maximum Gasteiger partial charge on any atom is 0.226 e. The van der Waals surface area contributed by atoms with Gasteiger partial charge in [-0.2, -0.15) is 0 Å². The Labute approximate surface area is 104 Å². The van der Waals surface area contributed by atoms with E-state index in [-0.39, 0.29) is 18.3 Å². The van der Waals surface area contributed by atoms with E-state index in [9.17, 15) is 4.79 Å². The number of nitrogens with zero attached hydrogens (tertiary/aromatic N) is 1. The standard InChI is InChI=1S/C12H22N2O.ClH/c1-14(11-6-2-3-7-11)12(15)10-5-4-8-13-9-10;/h10-11,13H,2-9H2,1H3;1H/t10-;/m1./s1. The fourth-order valence-electron chi connectivity index (χ4n) is 2.82. The predicted octanol–water partition coefficient (Wildman–Crippen LogP) is 1.81. The highest BCUT2D eigenvalue weighted by Gasteiger charge is 2.29. The van der Waals surface area contributed by atoms with E-state index in [1.807, 2.05) is 11.9 Å². The Balaban J connectivity index is 0.00000128. The van der Waals surface area contributed by atoms with Gasteiger partial charge in [-0.15, -0.1) is 12.4 Å². The Morgan fingerprint density at radius 2 is 1.88 bits per heavy atom. The first-order chi connectivity index (χ1) is 7.29. The fourth-order valence-corrected chi connectivity index (χ4v) is 2.82. The van der Waals surface area contributed by atoms with E-state index >= 15 is 0 Å². The van der Waals surface area contributed by atoms with Gasteiger partial charge in [0.25, 0.3) is 0 Å². The second-order valence-corrected chi connectivity index (χ2v) is 4.93. The van der Waals surface area contributed by atoms with Gasteiger partial charge < -0.3 is 10.2 Å². The summed E-state index contributed by atoms with van der Waals surface area (Å²) in [5.74, 6) is 0.610. The number of halogens is 1. The van der Waals surface area contributed by atoms with Crippen LogP contribution in [-0.2, 0) is 4.79 Å². The maximum atomic E-state index is 12.2. The number of rotatable bonds is 2. The normalized spacial score (nSPS) is 26.2. The van der Waals surface area contributed by atoms with Gasteiger partial charge in [0, 0.05) is 19.6 Å². The highest BCUT2D eigenvalue weighted by atomic mass is 35.5. The van der Waals surface area contributed by atoms with Crippen molar-refractivity contribution in [2.75, 3.05) is 20.1 Å². The topological polar surface area (TPSA) is 32.3 Å². The smallest absolute Gasteiger partial charge is 0.226 e. The highest BCUT2D eigenvalue weighted by Crippen LogP contribution is 2.24. The molecule has 0 spiro atoms. The molecule has 2 fully saturated rings. The molecule has 0 aromatic carbocycles. The third-order valence-electron chi connectivity index (χ3n) is 3.87. The molecule has 0 radical (unpaired) electrons. The molecule has 2 rings (SSSR count). The largest absolute Gasteiger partial charge is 0.342 e. The molecule has 1 amide bonds. The number of carbonyl (C=O) groups excluding carboxylic acids is 1. The van der Waals surface area contributed by atoms with Crippen molar-refractivity contribution in [2.24, 2.45) is 5.92 Å². The summed E-state index contributed by atoms with van der Waals surface area (Å²) in [4.78, 5) is 14.2. The Morgan fingerprint density at radius 3 is 2.44 bits per heavy atom. The Morgan fingerprint density at radius 1 is 1.19 bits per heavy atom. The van der Waals surface area contributed by atoms with Crippen LogP contribution >= 0.6 is 12.4 Å². The number of amides is 1. The molecule has 2 aliphatic rings. The third-order valence-corrected chi connectivity index (χ3v) is 3.87. The summed E-state index contributed by atoms with van der Waals surface area (Å²) in [6.07, 6.45) is 7.24. The number of nitrogens with one attached hydrogen (secondary N) is 1. The van der Waals surface area contributed by atoms with Crippen molar-refractivity contribution in [1.82, 2.24) is 10.2 Å². The summed E-state index contributed by atoms with van der Waals surface area (Å²) in [7, 11) is 1.99. The highest BCUT2D eigenvalue weighted by molar-refractivity contribution is 5.85. The molecule has 94 valence electrons. The minimum absolute atomic E-state index is 0. The van der Waals surface area contributed by atoms with Crippen LogP contribution < -0.4 is 5.32 Å². The Bertz CT molecular complexity index is 223. The molecule has 16 heavy (non-hydrogen) atoms. The molecule has 0 bridgehead atoms. The molecule has 1 saturated carbocycles. The average molecular weight is 247 g/mol. The molecule has 0 unspecified atom stereocenters. The monoisotopic (exact) mass is 246 g/mol. The molecule has 1 heterocycles. The third kappa shape index (κ3) is 3.11. The maximum absolute atomic E-state index is 12.2. The molecule has 1 N–H and O–H groups in total. The molecular weight excluding hydrogens is 224 g/mol. The van der Waals surface area contributed by atoms with Crippen LogP contribution in [0.25, 0.3) is 0 Å². The molecule has 1 atom stereocenters. The zero-order valence-electron chi connectivity index (χ0n) is 10.1. The van der Waals surface area contributed by atoms with Gasteiger partial charge in [-0.3, -0.25) is 4.79 Å². The van der Waals surface area contributed by atoms with Gasteiger partial charge in [0.15, 0.2) is 0 Å². The summed E-state index contributed by atoms with van der Waals surface area (Å²) < 4.78 is 0. The van der Waals surface area contributed by atoms with Gasteiger partial charge in [-0.25, -0.2) is 0 Å². The van der Waals surface area contributed by atoms with Crippen molar-refractivity contribution < 1.29 is 4.79 Å². The first-order valence-electron chi connectivity index (χ1n) is 6.26. The van der Waals surface area contributed by atoms with Gasteiger partial charge in [-0.1, -0.05) is 12.8 Å². The molecular formula is C12H23ClN2O. The van der Waals surface area contributed by atoms with Gasteiger partial charge >= 0.3 is 0 Å². The Kier molecular flexibility index (Phi) is 5.56. The molecule has 1 saturated heterocycles. The molecule has 3 nitrogen and oxygen atoms in total. The lowest BCUT2D eigenvalue weighted by molar-refractivity contribution is -0.136. The summed E-state index contributed by atoms with van der Waals surface area (Å²) in [6.45, 7) is 1.97. The summed E-state index contributed by atoms with van der Waals surface area (Å²) in [5, 5.41) is 3.31. The van der Waals surface area contributed by atoms with Gasteiger partial charge in [0.05, 0.1) is 5.92 Å². The van der Waals surface area contributed by atoms with Crippen LogP contribution in [0.3, 0.4) is 0 Å². The first kappa shape index (κ1) is 13.8. The molecule has 4 heteroatoms. The summed E-state index contributed by atoms with van der Waals surface area (Å²) in [6, 6.07) is 0.527. The lowest BCUT2D eigenvalue weighted by Gasteiger charge is -2.30. The number of piperidine rings is 1.